The van der Waals surface area contributed by atoms with Gasteiger partial charge in [-0.15, -0.1) is 0 Å². The fourth-order valence-corrected chi connectivity index (χ4v) is 5.16. The van der Waals surface area contributed by atoms with Crippen LogP contribution in [0.25, 0.3) is 5.57 Å². The maximum absolute atomic E-state index is 13.2. The standard InChI is InChI=1S/C36H32N2O6/c1-37(27-11-15-29(16-12-27)41-19-31-21-43-31)25-7-3-23(4-8-25)33-35(39)34(36(33)40)24-5-9-26(10-6-24)38(2)28-13-17-30(18-14-28)42-20-32-22-44-32/h3-18,31-32H,19-22H2,1-2H3. The van der Waals surface area contributed by atoms with Crippen LogP contribution in [0.2, 0.25) is 0 Å². The average molecular weight is 589 g/mol. The van der Waals surface area contributed by atoms with E-state index in [1.807, 2.05) is 121 Å². The van der Waals surface area contributed by atoms with Crippen LogP contribution in [0, 0.1) is 0 Å². The molecule has 2 atom stereocenters. The molecule has 2 saturated heterocycles. The molecule has 0 radical (unpaired) electrons. The van der Waals surface area contributed by atoms with Gasteiger partial charge in [-0.2, -0.15) is 4.58 Å². The summed E-state index contributed by atoms with van der Waals surface area (Å²) in [4.78, 5) is 15.2. The summed E-state index contributed by atoms with van der Waals surface area (Å²) in [5.74, 6) is 1.15. The van der Waals surface area contributed by atoms with Crippen molar-refractivity contribution in [2.24, 2.45) is 0 Å². The van der Waals surface area contributed by atoms with Crippen molar-refractivity contribution in [2.45, 2.75) is 12.2 Å². The quantitative estimate of drug-likeness (QED) is 0.196. The number of hydrogen-bond acceptors (Lipinski definition) is 7. The lowest BCUT2D eigenvalue weighted by Gasteiger charge is -2.32. The van der Waals surface area contributed by atoms with Crippen LogP contribution in [-0.2, 0) is 14.3 Å². The lowest BCUT2D eigenvalue weighted by Crippen LogP contribution is -2.30. The van der Waals surface area contributed by atoms with Crippen molar-refractivity contribution in [3.05, 3.63) is 120 Å². The number of carbonyl (C=O) groups excluding carboxylic acids is 1. The van der Waals surface area contributed by atoms with Gasteiger partial charge in [-0.1, -0.05) is 17.9 Å². The van der Waals surface area contributed by atoms with Crippen LogP contribution in [-0.4, -0.2) is 68.8 Å². The van der Waals surface area contributed by atoms with Crippen LogP contribution in [0.3, 0.4) is 0 Å². The van der Waals surface area contributed by atoms with Gasteiger partial charge in [0, 0.05) is 53.9 Å². The second-order valence-corrected chi connectivity index (χ2v) is 11.1. The van der Waals surface area contributed by atoms with Crippen molar-refractivity contribution in [1.29, 1.82) is 0 Å². The van der Waals surface area contributed by atoms with Gasteiger partial charge in [0.25, 0.3) is 0 Å². The average Bonchev–Trinajstić information content (AvgIpc) is 4.00. The Hall–Kier alpha value is -4.92. The Morgan fingerprint density at radius 1 is 0.773 bits per heavy atom. The summed E-state index contributed by atoms with van der Waals surface area (Å²) in [6, 6.07) is 23.2. The summed E-state index contributed by atoms with van der Waals surface area (Å²) in [6.45, 7) is 2.67. The first-order chi connectivity index (χ1) is 21.4. The van der Waals surface area contributed by atoms with E-state index in [-0.39, 0.29) is 34.9 Å². The Balaban J connectivity index is 1.02. The number of hydrogen-bond donors (Lipinski definition) is 0. The molecule has 2 heterocycles. The van der Waals surface area contributed by atoms with Gasteiger partial charge >= 0.3 is 0 Å². The molecule has 222 valence electrons. The molecular formula is C36H32N2O6. The molecule has 44 heavy (non-hydrogen) atoms. The second kappa shape index (κ2) is 11.6. The number of ketones is 1. The van der Waals surface area contributed by atoms with Crippen LogP contribution in [0.1, 0.15) is 5.56 Å². The summed E-state index contributed by atoms with van der Waals surface area (Å²) in [5, 5.41) is 13.2. The van der Waals surface area contributed by atoms with Gasteiger partial charge < -0.3 is 29.0 Å². The van der Waals surface area contributed by atoms with Crippen molar-refractivity contribution in [1.82, 2.24) is 0 Å². The lowest BCUT2D eigenvalue weighted by atomic mass is 9.80. The first-order valence-electron chi connectivity index (χ1n) is 14.6. The monoisotopic (exact) mass is 588 g/mol. The Bertz CT molecular complexity index is 1720. The molecule has 0 spiro atoms. The van der Waals surface area contributed by atoms with E-state index in [9.17, 15) is 9.90 Å². The first kappa shape index (κ1) is 27.9. The SMILES string of the molecule is CN(c1ccc(OCC2CO2)cc1)c1ccc(C2=C([O-])C(=C3C=CC(=[N+](C)c4ccc(OCC5CO5)cc4)C=C3)C2=O)cc1. The summed E-state index contributed by atoms with van der Waals surface area (Å²) in [5.41, 5.74) is 5.57. The number of epoxide rings is 2. The van der Waals surface area contributed by atoms with Gasteiger partial charge in [-0.25, -0.2) is 0 Å². The molecule has 2 fully saturated rings. The smallest absolute Gasteiger partial charge is 0.205 e. The Labute approximate surface area is 256 Å². The van der Waals surface area contributed by atoms with Crippen LogP contribution in [0.4, 0.5) is 17.1 Å². The number of benzene rings is 3. The highest BCUT2D eigenvalue weighted by Crippen LogP contribution is 2.38. The molecule has 3 aromatic carbocycles. The molecule has 0 aromatic heterocycles. The predicted molar refractivity (Wildman–Crippen MR) is 166 cm³/mol. The zero-order valence-corrected chi connectivity index (χ0v) is 24.6. The Kier molecular flexibility index (Phi) is 7.37. The van der Waals surface area contributed by atoms with E-state index in [2.05, 4.69) is 0 Å². The van der Waals surface area contributed by atoms with Gasteiger partial charge in [-0.05, 0) is 71.8 Å². The van der Waals surface area contributed by atoms with Crippen molar-refractivity contribution >= 4 is 34.1 Å². The molecule has 4 aliphatic rings. The molecular weight excluding hydrogens is 556 g/mol. The van der Waals surface area contributed by atoms with Crippen molar-refractivity contribution in [3.63, 3.8) is 0 Å². The molecule has 2 unspecified atom stereocenters. The van der Waals surface area contributed by atoms with E-state index in [4.69, 9.17) is 18.9 Å². The van der Waals surface area contributed by atoms with E-state index < -0.39 is 0 Å². The summed E-state index contributed by atoms with van der Waals surface area (Å²) < 4.78 is 23.9. The fourth-order valence-electron chi connectivity index (χ4n) is 5.16. The Morgan fingerprint density at radius 3 is 1.77 bits per heavy atom. The number of rotatable bonds is 10. The zero-order valence-electron chi connectivity index (χ0n) is 24.6. The molecule has 8 nitrogen and oxygen atoms in total. The van der Waals surface area contributed by atoms with Crippen LogP contribution < -0.4 is 19.5 Å². The van der Waals surface area contributed by atoms with E-state index in [1.165, 1.54) is 0 Å². The third-order valence-electron chi connectivity index (χ3n) is 8.12. The summed E-state index contributed by atoms with van der Waals surface area (Å²) in [7, 11) is 3.94. The highest BCUT2D eigenvalue weighted by atomic mass is 16.6. The van der Waals surface area contributed by atoms with Crippen molar-refractivity contribution < 1.29 is 33.4 Å². The van der Waals surface area contributed by atoms with Gasteiger partial charge in [0.1, 0.15) is 44.0 Å². The molecule has 0 saturated carbocycles. The van der Waals surface area contributed by atoms with Crippen molar-refractivity contribution in [2.75, 3.05) is 45.4 Å². The Morgan fingerprint density at radius 2 is 1.27 bits per heavy atom. The molecule has 0 amide bonds. The van der Waals surface area contributed by atoms with E-state index in [0.717, 1.165) is 47.5 Å². The van der Waals surface area contributed by atoms with E-state index in [0.29, 0.717) is 24.4 Å². The van der Waals surface area contributed by atoms with E-state index >= 15 is 0 Å². The molecule has 3 aromatic rings. The summed E-state index contributed by atoms with van der Waals surface area (Å²) >= 11 is 0. The minimum absolute atomic E-state index is 0.215. The van der Waals surface area contributed by atoms with Crippen LogP contribution >= 0.6 is 0 Å². The van der Waals surface area contributed by atoms with Gasteiger partial charge in [-0.3, -0.25) is 4.79 Å². The topological polar surface area (TPSA) is 89.9 Å². The number of ether oxygens (including phenoxy) is 4. The zero-order chi connectivity index (χ0) is 30.2. The van der Waals surface area contributed by atoms with Gasteiger partial charge in [0.15, 0.2) is 5.78 Å². The molecule has 0 bridgehead atoms. The maximum atomic E-state index is 13.2. The number of nitrogens with zero attached hydrogens (tertiary/aromatic N) is 2. The van der Waals surface area contributed by atoms with Gasteiger partial charge in [0.2, 0.25) is 11.4 Å². The van der Waals surface area contributed by atoms with Gasteiger partial charge in [0.05, 0.1) is 13.2 Å². The molecule has 2 aliphatic heterocycles. The third kappa shape index (κ3) is 5.82. The highest BCUT2D eigenvalue weighted by Gasteiger charge is 2.31. The highest BCUT2D eigenvalue weighted by molar-refractivity contribution is 6.39. The minimum Gasteiger partial charge on any atom is -0.871 e. The largest absolute Gasteiger partial charge is 0.871 e. The number of Topliss-reactive ketones (excluding diaryl/α,β-unsaturated/α-hetero) is 1. The van der Waals surface area contributed by atoms with Crippen LogP contribution in [0.5, 0.6) is 11.5 Å². The minimum atomic E-state index is -0.225. The molecule has 8 heteroatoms. The number of allylic oxidation sites excluding steroid dienone is 7. The number of anilines is 2. The molecule has 0 N–H and O–H groups in total. The molecule has 2 aliphatic carbocycles. The second-order valence-electron chi connectivity index (χ2n) is 11.1. The lowest BCUT2D eigenvalue weighted by molar-refractivity contribution is -0.403. The normalized spacial score (nSPS) is 20.0. The van der Waals surface area contributed by atoms with Crippen molar-refractivity contribution in [3.8, 4) is 11.5 Å². The number of carbonyl (C=O) groups is 1. The maximum Gasteiger partial charge on any atom is 0.205 e. The first-order valence-corrected chi connectivity index (χ1v) is 14.6. The summed E-state index contributed by atoms with van der Waals surface area (Å²) in [6.07, 6.45) is 7.92. The third-order valence-corrected chi connectivity index (χ3v) is 8.12. The predicted octanol–water partition coefficient (Wildman–Crippen LogP) is 4.50. The fraction of sp³-hybridized carbons (Fsp3) is 0.222. The van der Waals surface area contributed by atoms with Crippen LogP contribution in [0.15, 0.2) is 114 Å². The molecule has 7 rings (SSSR count). The van der Waals surface area contributed by atoms with E-state index in [1.54, 1.807) is 0 Å².